The van der Waals surface area contributed by atoms with Crippen LogP contribution in [0.1, 0.15) is 40.9 Å². The number of hydrogen-bond acceptors (Lipinski definition) is 3. The van der Waals surface area contributed by atoms with Crippen LogP contribution < -0.4 is 5.32 Å². The first-order chi connectivity index (χ1) is 14.2. The molecule has 2 aromatic rings. The van der Waals surface area contributed by atoms with Gasteiger partial charge in [-0.2, -0.15) is 13.2 Å². The summed E-state index contributed by atoms with van der Waals surface area (Å²) in [5.41, 5.74) is 1.11. The van der Waals surface area contributed by atoms with Gasteiger partial charge in [0.2, 0.25) is 0 Å². The molecule has 1 N–H and O–H groups in total. The van der Waals surface area contributed by atoms with Crippen molar-refractivity contribution in [3.63, 3.8) is 0 Å². The molecular weight excluding hydrogens is 393 g/mol. The molecule has 1 amide bonds. The molecule has 0 aliphatic carbocycles. The molecule has 2 unspecified atom stereocenters. The van der Waals surface area contributed by atoms with Gasteiger partial charge in [0.15, 0.2) is 0 Å². The first-order valence-electron chi connectivity index (χ1n) is 10.1. The number of carbonyl (C=O) groups is 1. The van der Waals surface area contributed by atoms with Crippen LogP contribution in [0.3, 0.4) is 0 Å². The first kappa shape index (κ1) is 22.3. The fourth-order valence-electron chi connectivity index (χ4n) is 3.86. The molecule has 1 aliphatic heterocycles. The summed E-state index contributed by atoms with van der Waals surface area (Å²) in [6.45, 7) is 6.77. The Bertz CT molecular complexity index is 842. The number of carbonyl (C=O) groups excluding carboxylic acids is 1. The molecule has 3 rings (SSSR count). The Morgan fingerprint density at radius 2 is 1.70 bits per heavy atom. The SMILES string of the molecule is CC1CN(Cc2ccc(C(=O)NCCc3ccccc3C(F)(F)F)cc2)CC(C)O1. The maximum Gasteiger partial charge on any atom is 0.416 e. The zero-order chi connectivity index (χ0) is 21.7. The van der Waals surface area contributed by atoms with E-state index in [1.807, 2.05) is 12.1 Å². The normalized spacial score (nSPS) is 20.2. The van der Waals surface area contributed by atoms with Crippen LogP contribution in [0.2, 0.25) is 0 Å². The summed E-state index contributed by atoms with van der Waals surface area (Å²) in [5.74, 6) is -0.292. The number of benzene rings is 2. The predicted molar refractivity (Wildman–Crippen MR) is 109 cm³/mol. The molecule has 1 fully saturated rings. The monoisotopic (exact) mass is 420 g/mol. The molecule has 1 aliphatic rings. The van der Waals surface area contributed by atoms with E-state index in [1.54, 1.807) is 18.2 Å². The number of ether oxygens (including phenoxy) is 1. The number of nitrogens with one attached hydrogen (secondary N) is 1. The molecular formula is C23H27F3N2O2. The molecule has 1 heterocycles. The third-order valence-corrected chi connectivity index (χ3v) is 5.12. The smallest absolute Gasteiger partial charge is 0.373 e. The number of morpholine rings is 1. The number of amides is 1. The Kier molecular flexibility index (Phi) is 7.15. The summed E-state index contributed by atoms with van der Waals surface area (Å²) in [5, 5.41) is 2.71. The van der Waals surface area contributed by atoms with Crippen molar-refractivity contribution >= 4 is 5.91 Å². The first-order valence-corrected chi connectivity index (χ1v) is 10.1. The number of hydrogen-bond donors (Lipinski definition) is 1. The lowest BCUT2D eigenvalue weighted by atomic mass is 10.0. The number of rotatable bonds is 6. The van der Waals surface area contributed by atoms with Gasteiger partial charge in [-0.1, -0.05) is 30.3 Å². The van der Waals surface area contributed by atoms with Crippen LogP contribution in [0.4, 0.5) is 13.2 Å². The van der Waals surface area contributed by atoms with Gasteiger partial charge in [0.1, 0.15) is 0 Å². The van der Waals surface area contributed by atoms with Gasteiger partial charge < -0.3 is 10.1 Å². The van der Waals surface area contributed by atoms with Crippen LogP contribution in [0, 0.1) is 0 Å². The van der Waals surface area contributed by atoms with Crippen molar-refractivity contribution in [2.75, 3.05) is 19.6 Å². The van der Waals surface area contributed by atoms with Gasteiger partial charge >= 0.3 is 6.18 Å². The topological polar surface area (TPSA) is 41.6 Å². The van der Waals surface area contributed by atoms with Gasteiger partial charge in [0.25, 0.3) is 5.91 Å². The Balaban J connectivity index is 1.52. The van der Waals surface area contributed by atoms with Gasteiger partial charge in [-0.25, -0.2) is 0 Å². The Labute approximate surface area is 175 Å². The molecule has 2 atom stereocenters. The van der Waals surface area contributed by atoms with Crippen LogP contribution in [-0.2, 0) is 23.9 Å². The summed E-state index contributed by atoms with van der Waals surface area (Å²) in [6, 6.07) is 12.8. The molecule has 0 bridgehead atoms. The molecule has 0 saturated carbocycles. The van der Waals surface area contributed by atoms with Crippen molar-refractivity contribution in [2.24, 2.45) is 0 Å². The summed E-state index contributed by atoms with van der Waals surface area (Å²) in [6.07, 6.45) is -3.89. The molecule has 0 spiro atoms. The highest BCUT2D eigenvalue weighted by Crippen LogP contribution is 2.31. The lowest BCUT2D eigenvalue weighted by Crippen LogP contribution is -2.44. The highest BCUT2D eigenvalue weighted by Gasteiger charge is 2.32. The van der Waals surface area contributed by atoms with E-state index in [0.717, 1.165) is 31.3 Å². The van der Waals surface area contributed by atoms with E-state index in [9.17, 15) is 18.0 Å². The van der Waals surface area contributed by atoms with Gasteiger partial charge in [-0.3, -0.25) is 9.69 Å². The van der Waals surface area contributed by atoms with Crippen molar-refractivity contribution < 1.29 is 22.7 Å². The van der Waals surface area contributed by atoms with Crippen LogP contribution in [0.25, 0.3) is 0 Å². The highest BCUT2D eigenvalue weighted by molar-refractivity contribution is 5.94. The Morgan fingerprint density at radius 1 is 1.07 bits per heavy atom. The van der Waals surface area contributed by atoms with Gasteiger partial charge in [0, 0.05) is 31.7 Å². The van der Waals surface area contributed by atoms with Crippen LogP contribution in [-0.4, -0.2) is 42.6 Å². The van der Waals surface area contributed by atoms with E-state index in [-0.39, 0.29) is 36.6 Å². The number of halogens is 3. The van der Waals surface area contributed by atoms with Crippen molar-refractivity contribution in [2.45, 2.75) is 45.2 Å². The average Bonchev–Trinajstić information content (AvgIpc) is 2.67. The van der Waals surface area contributed by atoms with E-state index in [1.165, 1.54) is 12.1 Å². The lowest BCUT2D eigenvalue weighted by Gasteiger charge is -2.35. The predicted octanol–water partition coefficient (Wildman–Crippen LogP) is 4.29. The van der Waals surface area contributed by atoms with Crippen LogP contribution in [0.5, 0.6) is 0 Å². The molecule has 2 aromatic carbocycles. The third kappa shape index (κ3) is 6.06. The van der Waals surface area contributed by atoms with Crippen molar-refractivity contribution in [3.05, 3.63) is 70.8 Å². The molecule has 0 aromatic heterocycles. The van der Waals surface area contributed by atoms with E-state index in [2.05, 4.69) is 24.1 Å². The minimum absolute atomic E-state index is 0.118. The second-order valence-electron chi connectivity index (χ2n) is 7.81. The van der Waals surface area contributed by atoms with Crippen LogP contribution in [0.15, 0.2) is 48.5 Å². The maximum atomic E-state index is 13.1. The summed E-state index contributed by atoms with van der Waals surface area (Å²) in [7, 11) is 0. The largest absolute Gasteiger partial charge is 0.416 e. The summed E-state index contributed by atoms with van der Waals surface area (Å²) >= 11 is 0. The molecule has 7 heteroatoms. The summed E-state index contributed by atoms with van der Waals surface area (Å²) in [4.78, 5) is 14.7. The zero-order valence-electron chi connectivity index (χ0n) is 17.2. The molecule has 1 saturated heterocycles. The standard InChI is InChI=1S/C23H27F3N2O2/c1-16-13-28(14-17(2)30-16)15-18-7-9-20(10-8-18)22(29)27-12-11-19-5-3-4-6-21(19)23(24,25)26/h3-10,16-17H,11-15H2,1-2H3,(H,27,29). The van der Waals surface area contributed by atoms with E-state index >= 15 is 0 Å². The zero-order valence-corrected chi connectivity index (χ0v) is 17.2. The molecule has 4 nitrogen and oxygen atoms in total. The van der Waals surface area contributed by atoms with E-state index in [4.69, 9.17) is 4.74 Å². The number of nitrogens with zero attached hydrogens (tertiary/aromatic N) is 1. The van der Waals surface area contributed by atoms with Crippen LogP contribution >= 0.6 is 0 Å². The van der Waals surface area contributed by atoms with Gasteiger partial charge in [-0.15, -0.1) is 0 Å². The fraction of sp³-hybridized carbons (Fsp3) is 0.435. The number of alkyl halides is 3. The Hall–Kier alpha value is -2.38. The minimum Gasteiger partial charge on any atom is -0.373 e. The Morgan fingerprint density at radius 3 is 2.33 bits per heavy atom. The second-order valence-corrected chi connectivity index (χ2v) is 7.81. The van der Waals surface area contributed by atoms with Crippen molar-refractivity contribution in [1.82, 2.24) is 10.2 Å². The quantitative estimate of drug-likeness (QED) is 0.758. The lowest BCUT2D eigenvalue weighted by molar-refractivity contribution is -0.138. The van der Waals surface area contributed by atoms with E-state index < -0.39 is 11.7 Å². The fourth-order valence-corrected chi connectivity index (χ4v) is 3.86. The van der Waals surface area contributed by atoms with E-state index in [0.29, 0.717) is 5.56 Å². The van der Waals surface area contributed by atoms with Gasteiger partial charge in [0.05, 0.1) is 17.8 Å². The van der Waals surface area contributed by atoms with Gasteiger partial charge in [-0.05, 0) is 49.6 Å². The highest BCUT2D eigenvalue weighted by atomic mass is 19.4. The average molecular weight is 420 g/mol. The van der Waals surface area contributed by atoms with Crippen molar-refractivity contribution in [1.29, 1.82) is 0 Å². The maximum absolute atomic E-state index is 13.1. The third-order valence-electron chi connectivity index (χ3n) is 5.12. The molecule has 30 heavy (non-hydrogen) atoms. The summed E-state index contributed by atoms with van der Waals surface area (Å²) < 4.78 is 44.9. The molecule has 0 radical (unpaired) electrons. The van der Waals surface area contributed by atoms with Crippen molar-refractivity contribution in [3.8, 4) is 0 Å². The minimum atomic E-state index is -4.40. The molecule has 162 valence electrons. The second kappa shape index (κ2) is 9.62.